The maximum atomic E-state index is 15.1. The number of fused-ring (bicyclic) bond motifs is 3. The minimum Gasteiger partial charge on any atom is -0.468 e. The van der Waals surface area contributed by atoms with Crippen LogP contribution in [0.15, 0.2) is 108 Å². The summed E-state index contributed by atoms with van der Waals surface area (Å²) in [6.45, 7) is 15.7. The monoisotopic (exact) mass is 801 g/mol. The number of anilines is 1. The maximum Gasteiger partial charge on any atom is 0.253 e. The molecule has 5 aromatic rings. The first-order valence-electron chi connectivity index (χ1n) is 20.2. The smallest absolute Gasteiger partial charge is 0.253 e. The van der Waals surface area contributed by atoms with Crippen molar-refractivity contribution in [2.75, 3.05) is 11.9 Å². The number of carbonyl (C=O) groups is 1. The Balaban J connectivity index is 1.15. The lowest BCUT2D eigenvalue weighted by Gasteiger charge is -2.37. The molecule has 0 saturated carbocycles. The minimum absolute atomic E-state index is 0.0855. The number of nitrogens with zero attached hydrogens (tertiary/aromatic N) is 2. The van der Waals surface area contributed by atoms with Crippen LogP contribution >= 0.6 is 0 Å². The predicted molar refractivity (Wildman–Crippen MR) is 229 cm³/mol. The Kier molecular flexibility index (Phi) is 9.90. The van der Waals surface area contributed by atoms with Crippen molar-refractivity contribution in [3.8, 4) is 5.88 Å². The van der Waals surface area contributed by atoms with Crippen molar-refractivity contribution in [1.82, 2.24) is 14.5 Å². The molecule has 0 radical (unpaired) electrons. The van der Waals surface area contributed by atoms with E-state index in [0.717, 1.165) is 54.5 Å². The van der Waals surface area contributed by atoms with Gasteiger partial charge in [-0.15, -0.1) is 0 Å². The molecular formula is C46H55N5O4SSi. The van der Waals surface area contributed by atoms with Crippen molar-refractivity contribution in [3.63, 3.8) is 0 Å². The van der Waals surface area contributed by atoms with Gasteiger partial charge in [-0.1, -0.05) is 118 Å². The van der Waals surface area contributed by atoms with E-state index < -0.39 is 35.4 Å². The Morgan fingerprint density at radius 3 is 2.07 bits per heavy atom. The van der Waals surface area contributed by atoms with Crippen molar-refractivity contribution in [2.24, 2.45) is 0 Å². The number of benzene rings is 4. The molecule has 2 aliphatic carbocycles. The zero-order chi connectivity index (χ0) is 40.4. The third-order valence-corrected chi connectivity index (χ3v) is 18.8. The molecule has 57 heavy (non-hydrogen) atoms. The molecule has 0 saturated heterocycles. The van der Waals surface area contributed by atoms with E-state index in [-0.39, 0.29) is 27.6 Å². The van der Waals surface area contributed by atoms with E-state index in [0.29, 0.717) is 6.61 Å². The molecule has 3 atom stereocenters. The summed E-state index contributed by atoms with van der Waals surface area (Å²) < 4.78 is 43.0. The van der Waals surface area contributed by atoms with Gasteiger partial charge in [0.2, 0.25) is 5.88 Å². The molecule has 0 spiro atoms. The zero-order valence-electron chi connectivity index (χ0n) is 34.1. The Bertz CT molecular complexity index is 2310. The van der Waals surface area contributed by atoms with Gasteiger partial charge in [0.05, 0.1) is 6.20 Å². The molecule has 8 rings (SSSR count). The first-order chi connectivity index (χ1) is 27.0. The van der Waals surface area contributed by atoms with Gasteiger partial charge in [0, 0.05) is 18.2 Å². The highest BCUT2D eigenvalue weighted by Crippen LogP contribution is 2.48. The fourth-order valence-corrected chi connectivity index (χ4v) is 11.4. The lowest BCUT2D eigenvalue weighted by Crippen LogP contribution is -2.47. The average Bonchev–Trinajstić information content (AvgIpc) is 3.96. The van der Waals surface area contributed by atoms with Gasteiger partial charge in [-0.3, -0.25) is 4.79 Å². The Morgan fingerprint density at radius 1 is 0.930 bits per heavy atom. The molecule has 1 aliphatic heterocycles. The number of carbonyl (C=O) groups excluding carboxylic acids is 1. The average molecular weight is 802 g/mol. The van der Waals surface area contributed by atoms with E-state index in [1.165, 1.54) is 33.1 Å². The summed E-state index contributed by atoms with van der Waals surface area (Å²) in [5.41, 5.74) is 6.19. The third-order valence-electron chi connectivity index (χ3n) is 12.9. The van der Waals surface area contributed by atoms with E-state index in [1.54, 1.807) is 0 Å². The first kappa shape index (κ1) is 39.3. The van der Waals surface area contributed by atoms with Crippen molar-refractivity contribution < 1.29 is 18.2 Å². The summed E-state index contributed by atoms with van der Waals surface area (Å²) in [5.74, 6) is 0.0941. The first-order valence-corrected chi connectivity index (χ1v) is 24.6. The fraction of sp³-hybridized carbons (Fsp3) is 0.391. The highest BCUT2D eigenvalue weighted by atomic mass is 32.2. The van der Waals surface area contributed by atoms with Gasteiger partial charge in [-0.05, 0) is 103 Å². The number of ether oxygens (including phenoxy) is 1. The molecule has 9 nitrogen and oxygen atoms in total. The van der Waals surface area contributed by atoms with Crippen LogP contribution in [0.2, 0.25) is 18.1 Å². The molecule has 0 fully saturated rings. The third kappa shape index (κ3) is 6.86. The Labute approximate surface area is 338 Å². The van der Waals surface area contributed by atoms with Crippen molar-refractivity contribution >= 4 is 29.8 Å². The largest absolute Gasteiger partial charge is 0.468 e. The molecule has 11 heteroatoms. The van der Waals surface area contributed by atoms with Gasteiger partial charge in [0.1, 0.15) is 26.0 Å². The van der Waals surface area contributed by atoms with E-state index in [2.05, 4.69) is 55.1 Å². The van der Waals surface area contributed by atoms with E-state index in [1.807, 2.05) is 105 Å². The van der Waals surface area contributed by atoms with Crippen LogP contribution in [0.3, 0.4) is 0 Å². The number of aryl methyl sites for hydroxylation is 2. The van der Waals surface area contributed by atoms with Crippen molar-refractivity contribution in [1.29, 1.82) is 4.78 Å². The normalized spacial score (nSPS) is 19.6. The second-order valence-corrected chi connectivity index (χ2v) is 24.6. The van der Waals surface area contributed by atoms with Crippen molar-refractivity contribution in [2.45, 2.75) is 113 Å². The summed E-state index contributed by atoms with van der Waals surface area (Å²) in [6, 6.07) is 30.8. The van der Waals surface area contributed by atoms with Crippen LogP contribution in [-0.2, 0) is 43.9 Å². The SMILES string of the molecule is CC1(C)Oc2c(S(=N)(=O)NC(c3ccccc3)(c3ccccc3)c3ccccc3)cnn2C1C(=O)Nc1c2c(cc3c1[C@@H](CO[Si](C)(C)C(C)(C)C)CC3)CCC2. The van der Waals surface area contributed by atoms with E-state index in [4.69, 9.17) is 9.16 Å². The topological polar surface area (TPSA) is 118 Å². The number of hydrogen-bond donors (Lipinski definition) is 3. The fourth-order valence-electron chi connectivity index (χ4n) is 8.85. The van der Waals surface area contributed by atoms with Gasteiger partial charge in [0.25, 0.3) is 5.91 Å². The summed E-state index contributed by atoms with van der Waals surface area (Å²) in [5, 5.41) is 8.20. The summed E-state index contributed by atoms with van der Waals surface area (Å²) >= 11 is 0. The van der Waals surface area contributed by atoms with Crippen LogP contribution in [-0.4, -0.2) is 40.4 Å². The lowest BCUT2D eigenvalue weighted by atomic mass is 9.78. The molecule has 3 aliphatic rings. The van der Waals surface area contributed by atoms with Crippen LogP contribution < -0.4 is 14.8 Å². The van der Waals surface area contributed by atoms with Gasteiger partial charge >= 0.3 is 0 Å². The lowest BCUT2D eigenvalue weighted by molar-refractivity contribution is -0.122. The summed E-state index contributed by atoms with van der Waals surface area (Å²) in [7, 11) is -5.85. The van der Waals surface area contributed by atoms with Gasteiger partial charge in [-0.25, -0.2) is 18.4 Å². The molecule has 4 aromatic carbocycles. The summed E-state index contributed by atoms with van der Waals surface area (Å²) in [6.07, 6.45) is 6.34. The maximum absolute atomic E-state index is 15.1. The Hall–Kier alpha value is -4.55. The van der Waals surface area contributed by atoms with Crippen LogP contribution in [0.25, 0.3) is 0 Å². The van der Waals surface area contributed by atoms with E-state index in [9.17, 15) is 9.57 Å². The second kappa shape index (κ2) is 14.4. The van der Waals surface area contributed by atoms with E-state index >= 15 is 4.21 Å². The minimum atomic E-state index is -3.86. The van der Waals surface area contributed by atoms with Crippen LogP contribution in [0.4, 0.5) is 5.69 Å². The quantitative estimate of drug-likeness (QED) is 0.0909. The molecule has 2 unspecified atom stereocenters. The summed E-state index contributed by atoms with van der Waals surface area (Å²) in [4.78, 5) is 14.9. The number of hydrogen-bond acceptors (Lipinski definition) is 6. The molecule has 3 N–H and O–H groups in total. The Morgan fingerprint density at radius 2 is 1.51 bits per heavy atom. The highest BCUT2D eigenvalue weighted by Gasteiger charge is 2.50. The second-order valence-electron chi connectivity index (χ2n) is 18.0. The van der Waals surface area contributed by atoms with Gasteiger partial charge in [-0.2, -0.15) is 5.10 Å². The highest BCUT2D eigenvalue weighted by molar-refractivity contribution is 7.90. The molecule has 0 bridgehead atoms. The number of nitrogens with one attached hydrogen (secondary N) is 3. The zero-order valence-corrected chi connectivity index (χ0v) is 36.0. The van der Waals surface area contributed by atoms with Gasteiger partial charge in [0.15, 0.2) is 14.4 Å². The van der Waals surface area contributed by atoms with Crippen LogP contribution in [0.5, 0.6) is 5.88 Å². The number of aromatic nitrogens is 2. The molecule has 2 heterocycles. The van der Waals surface area contributed by atoms with Crippen LogP contribution in [0, 0.1) is 4.78 Å². The molecule has 1 aromatic heterocycles. The molecule has 1 amide bonds. The molecule has 298 valence electrons. The molecular weight excluding hydrogens is 747 g/mol. The standard InChI is InChI=1S/C46H55N5O4SSi/c1-44(2,3)57(6,7)54-30-33-27-26-32-28-31-18-17-25-37(31)40(39(32)33)49-42(52)41-45(4,5)55-43-38(29-48-51(41)43)56(47,53)50-46(34-19-11-8-12-20-34,35-21-13-9-14-22-35)36-23-15-10-16-24-36/h8-16,19-24,28-29,33,41H,17-18,25-27,30H2,1-7H3,(H,49,52)(H2,47,50,53)/t33-,41?,56?/m1/s1. The van der Waals surface area contributed by atoms with Gasteiger partial charge < -0.3 is 14.5 Å². The predicted octanol–water partition coefficient (Wildman–Crippen LogP) is 9.68. The van der Waals surface area contributed by atoms with Crippen LogP contribution in [0.1, 0.15) is 98.4 Å². The number of amides is 1. The number of rotatable bonds is 11. The van der Waals surface area contributed by atoms with Crippen molar-refractivity contribution in [3.05, 3.63) is 142 Å².